The molecule has 0 saturated carbocycles. The Balaban J connectivity index is 2.01. The molecule has 1 fully saturated rings. The number of esters is 1. The molecule has 1 saturated heterocycles. The standard InChI is InChI=1S/C24H37N5O6/c1-14(16-10-9-11-28(16)22(32)35-23(2,3)4)29-17(30)12-15-19(27(7)13-24(5,6)33)25-18(21(31)34-8)26-20(15)29/h14,16,33H,9-13H2,1-8H3/t14-,16+/m1/s1. The second-order valence-corrected chi connectivity index (χ2v) is 10.9. The Morgan fingerprint density at radius 3 is 2.46 bits per heavy atom. The van der Waals surface area contributed by atoms with Crippen LogP contribution in [0.2, 0.25) is 0 Å². The second-order valence-electron chi connectivity index (χ2n) is 10.9. The van der Waals surface area contributed by atoms with E-state index < -0.39 is 29.3 Å². The number of methoxy groups -OCH3 is 1. The van der Waals surface area contributed by atoms with Crippen LogP contribution in [0.25, 0.3) is 0 Å². The first-order valence-corrected chi connectivity index (χ1v) is 11.9. The Morgan fingerprint density at radius 1 is 1.23 bits per heavy atom. The maximum Gasteiger partial charge on any atom is 0.410 e. The first kappa shape index (κ1) is 26.7. The molecule has 35 heavy (non-hydrogen) atoms. The third kappa shape index (κ3) is 5.83. The number of carbonyl (C=O) groups is 3. The van der Waals surface area contributed by atoms with Crippen molar-refractivity contribution in [3.05, 3.63) is 11.4 Å². The molecule has 1 N–H and O–H groups in total. The van der Waals surface area contributed by atoms with E-state index in [2.05, 4.69) is 9.97 Å². The maximum atomic E-state index is 13.3. The van der Waals surface area contributed by atoms with Crippen molar-refractivity contribution in [2.45, 2.75) is 84.1 Å². The molecule has 0 aliphatic carbocycles. The molecule has 3 heterocycles. The van der Waals surface area contributed by atoms with Gasteiger partial charge in [0.15, 0.2) is 0 Å². The van der Waals surface area contributed by atoms with Crippen LogP contribution in [0.15, 0.2) is 0 Å². The predicted molar refractivity (Wildman–Crippen MR) is 130 cm³/mol. The van der Waals surface area contributed by atoms with Gasteiger partial charge in [-0.2, -0.15) is 0 Å². The highest BCUT2D eigenvalue weighted by molar-refractivity contribution is 6.03. The van der Waals surface area contributed by atoms with Gasteiger partial charge in [-0.05, 0) is 54.4 Å². The highest BCUT2D eigenvalue weighted by Gasteiger charge is 2.44. The first-order chi connectivity index (χ1) is 16.1. The van der Waals surface area contributed by atoms with Crippen molar-refractivity contribution in [2.24, 2.45) is 0 Å². The lowest BCUT2D eigenvalue weighted by Crippen LogP contribution is -2.51. The Bertz CT molecular complexity index is 999. The van der Waals surface area contributed by atoms with Gasteiger partial charge in [-0.3, -0.25) is 9.69 Å². The fourth-order valence-electron chi connectivity index (χ4n) is 4.76. The Labute approximate surface area is 206 Å². The lowest BCUT2D eigenvalue weighted by molar-refractivity contribution is -0.118. The Hall–Kier alpha value is -2.95. The fraction of sp³-hybridized carbons (Fsp3) is 0.708. The summed E-state index contributed by atoms with van der Waals surface area (Å²) in [6, 6.07) is -0.680. The molecule has 11 nitrogen and oxygen atoms in total. The highest BCUT2D eigenvalue weighted by Crippen LogP contribution is 2.37. The van der Waals surface area contributed by atoms with E-state index in [1.165, 1.54) is 7.11 Å². The van der Waals surface area contributed by atoms with Gasteiger partial charge in [-0.15, -0.1) is 0 Å². The number of rotatable bonds is 6. The first-order valence-electron chi connectivity index (χ1n) is 11.9. The summed E-state index contributed by atoms with van der Waals surface area (Å²) in [5.41, 5.74) is -1.10. The molecule has 1 aromatic heterocycles. The number of amides is 2. The SMILES string of the molecule is COC(=O)c1nc(N(C)CC(C)(C)O)c2c(n1)N([C@H](C)[C@@H]1CCCN1C(=O)OC(C)(C)C)C(=O)C2. The number of hydrogen-bond acceptors (Lipinski definition) is 9. The summed E-state index contributed by atoms with van der Waals surface area (Å²) >= 11 is 0. The fourth-order valence-corrected chi connectivity index (χ4v) is 4.76. The van der Waals surface area contributed by atoms with Crippen molar-refractivity contribution in [3.8, 4) is 0 Å². The number of fused-ring (bicyclic) bond motifs is 1. The van der Waals surface area contributed by atoms with Gasteiger partial charge in [-0.1, -0.05) is 0 Å². The molecule has 2 atom stereocenters. The van der Waals surface area contributed by atoms with Crippen LogP contribution in [0.4, 0.5) is 16.4 Å². The number of ether oxygens (including phenoxy) is 2. The average molecular weight is 492 g/mol. The van der Waals surface area contributed by atoms with Crippen molar-refractivity contribution in [3.63, 3.8) is 0 Å². The van der Waals surface area contributed by atoms with Gasteiger partial charge in [0.2, 0.25) is 11.7 Å². The molecule has 2 amide bonds. The van der Waals surface area contributed by atoms with Gasteiger partial charge in [0.25, 0.3) is 0 Å². The quantitative estimate of drug-likeness (QED) is 0.596. The average Bonchev–Trinajstić information content (AvgIpc) is 3.33. The number of nitrogens with zero attached hydrogens (tertiary/aromatic N) is 5. The summed E-state index contributed by atoms with van der Waals surface area (Å²) in [6.45, 7) is 11.4. The molecular formula is C24H37N5O6. The Kier molecular flexibility index (Phi) is 7.31. The minimum absolute atomic E-state index is 0.0474. The monoisotopic (exact) mass is 491 g/mol. The summed E-state index contributed by atoms with van der Waals surface area (Å²) in [5.74, 6) is -0.389. The molecule has 1 aromatic rings. The molecule has 11 heteroatoms. The van der Waals surface area contributed by atoms with E-state index in [0.717, 1.165) is 6.42 Å². The minimum atomic E-state index is -1.04. The number of carbonyl (C=O) groups excluding carboxylic acids is 3. The number of hydrogen-bond donors (Lipinski definition) is 1. The van der Waals surface area contributed by atoms with E-state index in [9.17, 15) is 19.5 Å². The minimum Gasteiger partial charge on any atom is -0.463 e. The topological polar surface area (TPSA) is 125 Å². The van der Waals surface area contributed by atoms with Crippen LogP contribution in [-0.2, 0) is 20.7 Å². The normalized spacial score (nSPS) is 19.0. The predicted octanol–water partition coefficient (Wildman–Crippen LogP) is 2.15. The Morgan fingerprint density at radius 2 is 1.89 bits per heavy atom. The summed E-state index contributed by atoms with van der Waals surface area (Å²) in [4.78, 5) is 52.2. The van der Waals surface area contributed by atoms with E-state index in [0.29, 0.717) is 30.2 Å². The summed E-state index contributed by atoms with van der Waals surface area (Å²) in [5, 5.41) is 10.3. The number of likely N-dealkylation sites (N-methyl/N-ethyl adjacent to an activating group) is 1. The maximum absolute atomic E-state index is 13.3. The number of aromatic nitrogens is 2. The molecule has 3 rings (SSSR count). The largest absolute Gasteiger partial charge is 0.463 e. The van der Waals surface area contributed by atoms with E-state index in [4.69, 9.17) is 9.47 Å². The van der Waals surface area contributed by atoms with Crippen molar-refractivity contribution < 1.29 is 29.0 Å². The van der Waals surface area contributed by atoms with Crippen LogP contribution in [0.3, 0.4) is 0 Å². The van der Waals surface area contributed by atoms with E-state index >= 15 is 0 Å². The molecule has 194 valence electrons. The van der Waals surface area contributed by atoms with Crippen LogP contribution in [0.1, 0.15) is 70.6 Å². The lowest BCUT2D eigenvalue weighted by atomic mass is 10.1. The van der Waals surface area contributed by atoms with E-state index in [1.807, 2.05) is 27.7 Å². The lowest BCUT2D eigenvalue weighted by Gasteiger charge is -2.36. The van der Waals surface area contributed by atoms with Gasteiger partial charge in [-0.25, -0.2) is 19.6 Å². The summed E-state index contributed by atoms with van der Waals surface area (Å²) < 4.78 is 10.4. The van der Waals surface area contributed by atoms with Gasteiger partial charge >= 0.3 is 12.1 Å². The van der Waals surface area contributed by atoms with Crippen LogP contribution >= 0.6 is 0 Å². The van der Waals surface area contributed by atoms with Crippen LogP contribution < -0.4 is 9.80 Å². The molecule has 0 spiro atoms. The summed E-state index contributed by atoms with van der Waals surface area (Å²) in [7, 11) is 2.97. The van der Waals surface area contributed by atoms with Crippen LogP contribution in [-0.4, -0.2) is 88.5 Å². The van der Waals surface area contributed by atoms with Gasteiger partial charge < -0.3 is 24.4 Å². The van der Waals surface area contributed by atoms with Crippen LogP contribution in [0, 0.1) is 0 Å². The number of aliphatic hydroxyl groups is 1. The van der Waals surface area contributed by atoms with E-state index in [1.54, 1.807) is 35.6 Å². The number of likely N-dealkylation sites (tertiary alicyclic amines) is 1. The molecular weight excluding hydrogens is 454 g/mol. The zero-order valence-electron chi connectivity index (χ0n) is 21.9. The smallest absolute Gasteiger partial charge is 0.410 e. The number of anilines is 2. The van der Waals surface area contributed by atoms with Gasteiger partial charge in [0.05, 0.1) is 31.2 Å². The molecule has 0 unspecified atom stereocenters. The highest BCUT2D eigenvalue weighted by atomic mass is 16.6. The molecule has 2 aliphatic rings. The molecule has 0 bridgehead atoms. The molecule has 0 radical (unpaired) electrons. The molecule has 0 aromatic carbocycles. The van der Waals surface area contributed by atoms with E-state index in [-0.39, 0.29) is 30.7 Å². The van der Waals surface area contributed by atoms with Gasteiger partial charge in [0, 0.05) is 25.7 Å². The van der Waals surface area contributed by atoms with Gasteiger partial charge in [0.1, 0.15) is 17.2 Å². The third-order valence-electron chi connectivity index (χ3n) is 6.03. The van der Waals surface area contributed by atoms with Crippen molar-refractivity contribution in [2.75, 3.05) is 37.0 Å². The van der Waals surface area contributed by atoms with Crippen molar-refractivity contribution in [1.29, 1.82) is 0 Å². The van der Waals surface area contributed by atoms with Crippen molar-refractivity contribution >= 4 is 29.6 Å². The second kappa shape index (κ2) is 9.60. The zero-order chi connectivity index (χ0) is 26.3. The molecule has 2 aliphatic heterocycles. The van der Waals surface area contributed by atoms with Crippen LogP contribution in [0.5, 0.6) is 0 Å². The zero-order valence-corrected chi connectivity index (χ0v) is 21.9. The summed E-state index contributed by atoms with van der Waals surface area (Å²) in [6.07, 6.45) is 1.13. The third-order valence-corrected chi connectivity index (χ3v) is 6.03. The van der Waals surface area contributed by atoms with Crippen molar-refractivity contribution in [1.82, 2.24) is 14.9 Å².